The smallest absolute Gasteiger partial charge is 0.383 e. The zero-order chi connectivity index (χ0) is 28.6. The van der Waals surface area contributed by atoms with Crippen LogP contribution in [0.15, 0.2) is 36.7 Å². The lowest BCUT2D eigenvalue weighted by molar-refractivity contribution is -0.205. The largest absolute Gasteiger partial charge is 0.433 e. The third-order valence-corrected chi connectivity index (χ3v) is 7.43. The van der Waals surface area contributed by atoms with Gasteiger partial charge in [0, 0.05) is 24.1 Å². The quantitative estimate of drug-likeness (QED) is 0.311. The number of amides is 1. The highest BCUT2D eigenvalue weighted by Crippen LogP contribution is 2.41. The number of nitrogens with one attached hydrogen (secondary N) is 2. The van der Waals surface area contributed by atoms with Gasteiger partial charge in [-0.2, -0.15) is 26.3 Å². The Morgan fingerprint density at radius 3 is 2.46 bits per heavy atom. The van der Waals surface area contributed by atoms with Gasteiger partial charge in [-0.15, -0.1) is 11.3 Å². The van der Waals surface area contributed by atoms with Crippen molar-refractivity contribution in [1.29, 1.82) is 0 Å². The standard InChI is InChI=1S/C24H23F6N5O3S/c1-12-8-13(10-15(9-12)34-21-31-7-4-17(35-21)23(25,26)27)16-11-32-20(39-16)22(38)5-2-14(3-6-22)33-19(37)18(36)24(28,29)30/h4,7-11,14,18,36,38H,2-3,5-6H2,1H3,(H,33,37)(H,31,34,35)/t14-,18?,22+. The molecule has 0 bridgehead atoms. The minimum absolute atomic E-state index is 0.126. The maximum atomic E-state index is 13.0. The maximum absolute atomic E-state index is 13.0. The van der Waals surface area contributed by atoms with Crippen LogP contribution in [-0.2, 0) is 16.6 Å². The molecule has 1 saturated carbocycles. The van der Waals surface area contributed by atoms with Crippen LogP contribution in [0.5, 0.6) is 0 Å². The van der Waals surface area contributed by atoms with Gasteiger partial charge in [-0.1, -0.05) is 6.07 Å². The molecule has 4 rings (SSSR count). The highest BCUT2D eigenvalue weighted by Gasteiger charge is 2.45. The molecule has 3 aromatic rings. The van der Waals surface area contributed by atoms with Gasteiger partial charge in [0.05, 0.1) is 4.88 Å². The van der Waals surface area contributed by atoms with E-state index in [0.717, 1.165) is 17.8 Å². The van der Waals surface area contributed by atoms with Crippen LogP contribution in [0.3, 0.4) is 0 Å². The molecule has 1 aliphatic carbocycles. The van der Waals surface area contributed by atoms with Crippen molar-refractivity contribution in [3.63, 3.8) is 0 Å². The number of alkyl halides is 6. The SMILES string of the molecule is Cc1cc(Nc2nccc(C(F)(F)F)n2)cc(-c2cnc([C@]3(O)CC[C@@H](NC(=O)C(O)C(F)(F)F)CC3)s2)c1. The van der Waals surface area contributed by atoms with Gasteiger partial charge in [0.2, 0.25) is 12.1 Å². The summed E-state index contributed by atoms with van der Waals surface area (Å²) in [5, 5.41) is 25.6. The first-order valence-electron chi connectivity index (χ1n) is 11.7. The fourth-order valence-corrected chi connectivity index (χ4v) is 5.26. The Morgan fingerprint density at radius 1 is 1.13 bits per heavy atom. The average Bonchev–Trinajstić information content (AvgIpc) is 3.35. The van der Waals surface area contributed by atoms with Crippen molar-refractivity contribution in [1.82, 2.24) is 20.3 Å². The lowest BCUT2D eigenvalue weighted by Crippen LogP contribution is -2.49. The Bertz CT molecular complexity index is 1340. The minimum atomic E-state index is -5.07. The van der Waals surface area contributed by atoms with Crippen molar-refractivity contribution in [2.75, 3.05) is 5.32 Å². The average molecular weight is 576 g/mol. The van der Waals surface area contributed by atoms with E-state index in [-0.39, 0.29) is 31.6 Å². The number of carbonyl (C=O) groups excluding carboxylic acids is 1. The maximum Gasteiger partial charge on any atom is 0.433 e. The second-order valence-corrected chi connectivity index (χ2v) is 10.3. The van der Waals surface area contributed by atoms with Crippen LogP contribution < -0.4 is 10.6 Å². The number of halogens is 6. The van der Waals surface area contributed by atoms with E-state index < -0.39 is 41.7 Å². The summed E-state index contributed by atoms with van der Waals surface area (Å²) in [6.45, 7) is 1.79. The van der Waals surface area contributed by atoms with Crippen LogP contribution in [0.25, 0.3) is 10.4 Å². The second kappa shape index (κ2) is 10.7. The normalized spacial score (nSPS) is 20.9. The first kappa shape index (κ1) is 28.7. The minimum Gasteiger partial charge on any atom is -0.383 e. The number of aromatic nitrogens is 3. The number of aryl methyl sites for hydroxylation is 1. The Morgan fingerprint density at radius 2 is 1.82 bits per heavy atom. The lowest BCUT2D eigenvalue weighted by Gasteiger charge is -2.35. The number of anilines is 2. The van der Waals surface area contributed by atoms with E-state index in [0.29, 0.717) is 21.1 Å². The van der Waals surface area contributed by atoms with Crippen LogP contribution in [0.4, 0.5) is 38.0 Å². The summed E-state index contributed by atoms with van der Waals surface area (Å²) in [5.74, 6) is -1.76. The van der Waals surface area contributed by atoms with E-state index in [2.05, 4.69) is 25.6 Å². The fourth-order valence-electron chi connectivity index (χ4n) is 4.21. The van der Waals surface area contributed by atoms with Gasteiger partial charge in [0.25, 0.3) is 5.91 Å². The molecule has 39 heavy (non-hydrogen) atoms. The topological polar surface area (TPSA) is 120 Å². The molecule has 1 aromatic carbocycles. The number of carbonyl (C=O) groups is 1. The number of hydrogen-bond acceptors (Lipinski definition) is 8. The molecule has 0 saturated heterocycles. The van der Waals surface area contributed by atoms with E-state index >= 15 is 0 Å². The highest BCUT2D eigenvalue weighted by molar-refractivity contribution is 7.15. The van der Waals surface area contributed by atoms with E-state index in [4.69, 9.17) is 5.11 Å². The molecule has 1 aliphatic rings. The van der Waals surface area contributed by atoms with Gasteiger partial charge in [0.15, 0.2) is 0 Å². The first-order chi connectivity index (χ1) is 18.1. The Labute approximate surface area is 222 Å². The van der Waals surface area contributed by atoms with Crippen molar-refractivity contribution in [2.24, 2.45) is 0 Å². The van der Waals surface area contributed by atoms with E-state index in [9.17, 15) is 36.2 Å². The molecule has 4 N–H and O–H groups in total. The van der Waals surface area contributed by atoms with Crippen LogP contribution >= 0.6 is 11.3 Å². The Hall–Kier alpha value is -3.30. The first-order valence-corrected chi connectivity index (χ1v) is 12.5. The molecule has 1 unspecified atom stereocenters. The van der Waals surface area contributed by atoms with Crippen LogP contribution in [0.2, 0.25) is 0 Å². The summed E-state index contributed by atoms with van der Waals surface area (Å²) in [7, 11) is 0. The molecule has 2 heterocycles. The monoisotopic (exact) mass is 575 g/mol. The molecule has 1 fully saturated rings. The fraction of sp³-hybridized carbons (Fsp3) is 0.417. The lowest BCUT2D eigenvalue weighted by atomic mass is 9.82. The highest BCUT2D eigenvalue weighted by atomic mass is 32.1. The molecule has 0 spiro atoms. The van der Waals surface area contributed by atoms with Crippen LogP contribution in [-0.4, -0.2) is 49.4 Å². The predicted molar refractivity (Wildman–Crippen MR) is 129 cm³/mol. The van der Waals surface area contributed by atoms with Gasteiger partial charge >= 0.3 is 12.4 Å². The molecule has 8 nitrogen and oxygen atoms in total. The number of nitrogens with zero attached hydrogens (tertiary/aromatic N) is 3. The van der Waals surface area contributed by atoms with Gasteiger partial charge in [-0.25, -0.2) is 15.0 Å². The van der Waals surface area contributed by atoms with Gasteiger partial charge in [0.1, 0.15) is 16.3 Å². The molecule has 210 valence electrons. The van der Waals surface area contributed by atoms with Crippen molar-refractivity contribution >= 4 is 28.9 Å². The molecule has 0 radical (unpaired) electrons. The van der Waals surface area contributed by atoms with Gasteiger partial charge in [-0.3, -0.25) is 4.79 Å². The molecule has 1 amide bonds. The van der Waals surface area contributed by atoms with Gasteiger partial charge in [-0.05, 0) is 61.9 Å². The summed E-state index contributed by atoms with van der Waals surface area (Å²) in [4.78, 5) is 24.0. The number of rotatable bonds is 6. The molecular formula is C24H23F6N5O3S. The number of benzene rings is 1. The molecular weight excluding hydrogens is 552 g/mol. The van der Waals surface area contributed by atoms with Crippen molar-refractivity contribution in [3.8, 4) is 10.4 Å². The Kier molecular flexibility index (Phi) is 7.87. The predicted octanol–water partition coefficient (Wildman–Crippen LogP) is 4.84. The molecule has 1 atom stereocenters. The van der Waals surface area contributed by atoms with Crippen LogP contribution in [0, 0.1) is 6.92 Å². The number of aliphatic hydroxyl groups excluding tert-OH is 1. The van der Waals surface area contributed by atoms with E-state index in [1.165, 1.54) is 11.3 Å². The van der Waals surface area contributed by atoms with Crippen molar-refractivity contribution < 1.29 is 41.4 Å². The second-order valence-electron chi connectivity index (χ2n) is 9.26. The van der Waals surface area contributed by atoms with Crippen molar-refractivity contribution in [2.45, 2.75) is 62.7 Å². The number of thiazole rings is 1. The summed E-state index contributed by atoms with van der Waals surface area (Å²) < 4.78 is 76.6. The number of aliphatic hydroxyl groups is 2. The van der Waals surface area contributed by atoms with Crippen LogP contribution in [0.1, 0.15) is 41.9 Å². The van der Waals surface area contributed by atoms with E-state index in [1.54, 1.807) is 25.3 Å². The summed E-state index contributed by atoms with van der Waals surface area (Å²) in [5.41, 5.74) is -0.537. The Balaban J connectivity index is 1.45. The molecule has 2 aromatic heterocycles. The van der Waals surface area contributed by atoms with E-state index in [1.807, 2.05) is 6.07 Å². The summed E-state index contributed by atoms with van der Waals surface area (Å²) in [6, 6.07) is 5.34. The molecule has 15 heteroatoms. The third-order valence-electron chi connectivity index (χ3n) is 6.19. The zero-order valence-electron chi connectivity index (χ0n) is 20.3. The van der Waals surface area contributed by atoms with Gasteiger partial charge < -0.3 is 20.8 Å². The summed E-state index contributed by atoms with van der Waals surface area (Å²) >= 11 is 1.20. The zero-order valence-corrected chi connectivity index (χ0v) is 21.1. The summed E-state index contributed by atoms with van der Waals surface area (Å²) in [6.07, 6.45) is -9.65. The third kappa shape index (κ3) is 6.83. The number of hydrogen-bond donors (Lipinski definition) is 4. The van der Waals surface area contributed by atoms with Crippen molar-refractivity contribution in [3.05, 3.63) is 52.9 Å². The molecule has 0 aliphatic heterocycles.